The maximum Gasteiger partial charge on any atom is 0.180 e. The molecule has 0 radical (unpaired) electrons. The van der Waals surface area contributed by atoms with Crippen molar-refractivity contribution in [2.75, 3.05) is 0 Å². The SMILES string of the molecule is CC1(C)c2ccccc2-c2ccc3c(c21)c1ccccc1n3-c1ccccc1-c1nc(-c2ccccc2)nc2c1oc1ccccc12.c1ccc(-c2nc(-c3ccccc3-n3c4ccccc4c4c3ccc3c5ccccc5n(-c5ccccc5)c34)c3oc4ccccc4c3n2)cc1.c1ccc(-c2nc(-c3ccccc3-n3c4ccccc4c4c5sc6ccccc6c5ccc43)c3oc4ccccc4c3n2)cc1. The molecule has 13 nitrogen and oxygen atoms in total. The Bertz CT molecular complexity index is 10500. The van der Waals surface area contributed by atoms with Gasteiger partial charge in [-0.15, -0.1) is 11.3 Å². The molecule has 0 spiro atoms. The highest BCUT2D eigenvalue weighted by molar-refractivity contribution is 7.26. The highest BCUT2D eigenvalue weighted by atomic mass is 32.1. The quantitative estimate of drug-likeness (QED) is 0.131. The van der Waals surface area contributed by atoms with Crippen LogP contribution in [0.3, 0.4) is 0 Å². The largest absolute Gasteiger partial charge is 0.452 e. The summed E-state index contributed by atoms with van der Waals surface area (Å²) in [6.07, 6.45) is 0. The van der Waals surface area contributed by atoms with Gasteiger partial charge in [0.15, 0.2) is 34.2 Å². The van der Waals surface area contributed by atoms with E-state index in [0.717, 1.165) is 145 Å². The Hall–Kier alpha value is -18.8. The zero-order valence-corrected chi connectivity index (χ0v) is 78.1. The lowest BCUT2D eigenvalue weighted by Crippen LogP contribution is -2.15. The van der Waals surface area contributed by atoms with E-state index >= 15 is 0 Å². The Kier molecular flexibility index (Phi) is 18.3. The Labute approximate surface area is 821 Å². The van der Waals surface area contributed by atoms with Crippen LogP contribution in [0.25, 0.3) is 275 Å². The molecule has 670 valence electrons. The molecule has 0 bridgehead atoms. The average Bonchev–Trinajstić information content (AvgIpc) is 1.54. The van der Waals surface area contributed by atoms with Crippen molar-refractivity contribution in [3.63, 3.8) is 0 Å². The minimum Gasteiger partial charge on any atom is -0.452 e. The maximum atomic E-state index is 6.59. The number of para-hydroxylation sites is 11. The van der Waals surface area contributed by atoms with Gasteiger partial charge in [-0.3, -0.25) is 0 Å². The molecule has 0 unspecified atom stereocenters. The van der Waals surface area contributed by atoms with Gasteiger partial charge in [-0.2, -0.15) is 0 Å². The van der Waals surface area contributed by atoms with E-state index in [1.54, 1.807) is 0 Å². The van der Waals surface area contributed by atoms with Gasteiger partial charge in [-0.1, -0.05) is 347 Å². The van der Waals surface area contributed by atoms with E-state index in [0.29, 0.717) is 34.2 Å². The molecule has 0 amide bonds. The molecule has 19 aromatic carbocycles. The Morgan fingerprint density at radius 3 is 1.03 bits per heavy atom. The maximum absolute atomic E-state index is 6.59. The average molecular weight is 1850 g/mol. The van der Waals surface area contributed by atoms with Crippen molar-refractivity contribution >= 4 is 185 Å². The highest BCUT2D eigenvalue weighted by Gasteiger charge is 2.39. The number of benzene rings is 19. The lowest BCUT2D eigenvalue weighted by atomic mass is 9.80. The van der Waals surface area contributed by atoms with Crippen LogP contribution in [0.15, 0.2) is 462 Å². The van der Waals surface area contributed by atoms with Crippen LogP contribution in [0.4, 0.5) is 0 Å². The first-order chi connectivity index (χ1) is 70.8. The first kappa shape index (κ1) is 81.4. The van der Waals surface area contributed by atoms with Gasteiger partial charge in [0.05, 0.1) is 61.2 Å². The minimum atomic E-state index is -0.141. The summed E-state index contributed by atoms with van der Waals surface area (Å²) in [4.78, 5) is 31.0. The summed E-state index contributed by atoms with van der Waals surface area (Å²) in [6, 6.07) is 157. The van der Waals surface area contributed by atoms with Gasteiger partial charge < -0.3 is 31.5 Å². The molecule has 31 rings (SSSR count). The molecule has 0 atom stereocenters. The van der Waals surface area contributed by atoms with E-state index in [2.05, 4.69) is 372 Å². The first-order valence-electron chi connectivity index (χ1n) is 48.3. The molecule has 14 heteroatoms. The zero-order valence-electron chi connectivity index (χ0n) is 77.3. The molecule has 143 heavy (non-hydrogen) atoms. The number of fused-ring (bicyclic) bond motifs is 30. The molecule has 0 N–H and O–H groups in total. The van der Waals surface area contributed by atoms with Crippen LogP contribution in [0, 0.1) is 0 Å². The van der Waals surface area contributed by atoms with Crippen LogP contribution in [-0.4, -0.2) is 48.2 Å². The molecule has 1 aliphatic carbocycles. The van der Waals surface area contributed by atoms with Gasteiger partial charge in [-0.25, -0.2) is 29.9 Å². The molecular formula is C129H80N10O3S. The van der Waals surface area contributed by atoms with Crippen LogP contribution in [0.1, 0.15) is 25.0 Å². The molecule has 30 aromatic rings. The van der Waals surface area contributed by atoms with E-state index in [9.17, 15) is 0 Å². The second-order valence-corrected chi connectivity index (χ2v) is 38.3. The van der Waals surface area contributed by atoms with Gasteiger partial charge in [0.25, 0.3) is 0 Å². The molecular weight excluding hydrogens is 1770 g/mol. The topological polar surface area (TPSA) is 136 Å². The lowest BCUT2D eigenvalue weighted by Gasteiger charge is -2.22. The van der Waals surface area contributed by atoms with Crippen molar-refractivity contribution in [2.24, 2.45) is 0 Å². The second-order valence-electron chi connectivity index (χ2n) is 37.3. The van der Waals surface area contributed by atoms with Crippen LogP contribution in [-0.2, 0) is 5.41 Å². The van der Waals surface area contributed by atoms with E-state index in [-0.39, 0.29) is 5.41 Å². The monoisotopic (exact) mass is 1850 g/mol. The summed E-state index contributed by atoms with van der Waals surface area (Å²) >= 11 is 1.87. The molecule has 11 heterocycles. The lowest BCUT2D eigenvalue weighted by molar-refractivity contribution is 0.666. The van der Waals surface area contributed by atoms with E-state index < -0.39 is 0 Å². The Balaban J connectivity index is 0.000000102. The fourth-order valence-corrected chi connectivity index (χ4v) is 24.0. The smallest absolute Gasteiger partial charge is 0.180 e. The van der Waals surface area contributed by atoms with E-state index in [1.165, 1.54) is 108 Å². The molecule has 1 aliphatic rings. The minimum absolute atomic E-state index is 0.141. The van der Waals surface area contributed by atoms with E-state index in [4.69, 9.17) is 43.2 Å². The third-order valence-electron chi connectivity index (χ3n) is 29.0. The third-order valence-corrected chi connectivity index (χ3v) is 30.2. The molecule has 0 aliphatic heterocycles. The molecule has 11 aromatic heterocycles. The van der Waals surface area contributed by atoms with Crippen molar-refractivity contribution in [1.82, 2.24) is 48.2 Å². The number of hydrogen-bond acceptors (Lipinski definition) is 10. The fourth-order valence-electron chi connectivity index (χ4n) is 22.8. The van der Waals surface area contributed by atoms with Crippen LogP contribution < -0.4 is 0 Å². The predicted molar refractivity (Wildman–Crippen MR) is 588 cm³/mol. The number of rotatable bonds is 10. The summed E-state index contributed by atoms with van der Waals surface area (Å²) in [7, 11) is 0. The normalized spacial score (nSPS) is 12.5. The van der Waals surface area contributed by atoms with Gasteiger partial charge >= 0.3 is 0 Å². The van der Waals surface area contributed by atoms with Crippen LogP contribution in [0.5, 0.6) is 0 Å². The summed E-state index contributed by atoms with van der Waals surface area (Å²) in [5.74, 6) is 2.01. The third kappa shape index (κ3) is 12.5. The van der Waals surface area contributed by atoms with Crippen molar-refractivity contribution in [2.45, 2.75) is 19.3 Å². The standard InChI is InChI=1S/C46H28N4O.C43H29N3O.C40H23N3OS/c1-3-15-29(16-4-1)46-47-42(45-43(48-46)35-22-10-14-26-40(35)51-45)34-21-9-13-25-38(34)50-37-24-12-8-20-33(37)41-39(50)28-27-32-31-19-7-11-23-36(31)49(44(32)41)30-17-5-2-6-18-30;1-43(2)32-20-10-6-16-27(32)28-24-25-35-37(38(28)43)29-17-7-11-21-33(29)46(35)34-22-12-8-18-30(34)39-41-40(31-19-9-13-23-36(31)47-41)45-42(44-39)26-14-4-3-5-15-26;1-2-12-24(13-3-1)40-41-36(38-37(42-40)29-17-6-10-20-33(29)44-38)28-16-5-9-19-31(28)43-30-18-8-4-15-27(30)35-32(43)23-22-26-25-14-7-11-21-34(25)45-39(26)35/h1-28H;3-25H,1-2H3;1-23H. The van der Waals surface area contributed by atoms with Crippen molar-refractivity contribution in [1.29, 1.82) is 0 Å². The highest BCUT2D eigenvalue weighted by Crippen LogP contribution is 2.56. The van der Waals surface area contributed by atoms with Gasteiger partial charge in [-0.05, 0) is 138 Å². The van der Waals surface area contributed by atoms with E-state index in [1.807, 2.05) is 121 Å². The van der Waals surface area contributed by atoms with Crippen molar-refractivity contribution < 1.29 is 13.3 Å². The number of furan rings is 3. The summed E-state index contributed by atoms with van der Waals surface area (Å²) in [5.41, 5.74) is 33.8. The number of hydrogen-bond donors (Lipinski definition) is 0. The first-order valence-corrected chi connectivity index (χ1v) is 49.1. The Morgan fingerprint density at radius 1 is 0.231 bits per heavy atom. The summed E-state index contributed by atoms with van der Waals surface area (Å²) < 4.78 is 31.9. The van der Waals surface area contributed by atoms with Crippen molar-refractivity contribution in [3.05, 3.63) is 460 Å². The fraction of sp³-hybridized carbons (Fsp3) is 0.0233. The second kappa shape index (κ2) is 32.2. The predicted octanol–water partition coefficient (Wildman–Crippen LogP) is 34.2. The number of nitrogens with zero attached hydrogens (tertiary/aromatic N) is 10. The summed E-state index contributed by atoms with van der Waals surface area (Å²) in [5, 5.41) is 15.5. The van der Waals surface area contributed by atoms with Crippen LogP contribution in [0.2, 0.25) is 0 Å². The van der Waals surface area contributed by atoms with Gasteiger partial charge in [0.1, 0.15) is 50.4 Å². The molecule has 0 fully saturated rings. The zero-order chi connectivity index (χ0) is 94.2. The number of thiophene rings is 1. The van der Waals surface area contributed by atoms with Gasteiger partial charge in [0, 0.05) is 124 Å². The van der Waals surface area contributed by atoms with Crippen molar-refractivity contribution in [3.8, 4) is 102 Å². The molecule has 0 saturated carbocycles. The van der Waals surface area contributed by atoms with Crippen LogP contribution >= 0.6 is 11.3 Å². The number of aromatic nitrogens is 10. The Morgan fingerprint density at radius 2 is 0.566 bits per heavy atom. The summed E-state index contributed by atoms with van der Waals surface area (Å²) in [6.45, 7) is 4.73. The van der Waals surface area contributed by atoms with Gasteiger partial charge in [0.2, 0.25) is 0 Å². The molecule has 0 saturated heterocycles.